The predicted octanol–water partition coefficient (Wildman–Crippen LogP) is 2.09. The SMILES string of the molecule is Cc1cc(C)cc(N2CCN(C(=O)c3ncoc3C)CC2=O)c1. The fraction of sp³-hybridized carbons (Fsp3) is 0.353. The molecule has 0 atom stereocenters. The van der Waals surface area contributed by atoms with Crippen molar-refractivity contribution >= 4 is 17.5 Å². The van der Waals surface area contributed by atoms with Gasteiger partial charge in [0.2, 0.25) is 5.91 Å². The molecule has 0 N–H and O–H groups in total. The molecule has 1 aromatic carbocycles. The number of carbonyl (C=O) groups excluding carboxylic acids is 2. The van der Waals surface area contributed by atoms with E-state index < -0.39 is 0 Å². The van der Waals surface area contributed by atoms with E-state index in [1.807, 2.05) is 26.0 Å². The van der Waals surface area contributed by atoms with Gasteiger partial charge in [0.25, 0.3) is 5.91 Å². The summed E-state index contributed by atoms with van der Waals surface area (Å²) >= 11 is 0. The van der Waals surface area contributed by atoms with Crippen molar-refractivity contribution < 1.29 is 14.0 Å². The molecule has 1 fully saturated rings. The highest BCUT2D eigenvalue weighted by Gasteiger charge is 2.30. The molecule has 6 nitrogen and oxygen atoms in total. The van der Waals surface area contributed by atoms with E-state index in [0.29, 0.717) is 18.8 Å². The Kier molecular flexibility index (Phi) is 3.90. The number of rotatable bonds is 2. The van der Waals surface area contributed by atoms with Crippen molar-refractivity contribution in [1.82, 2.24) is 9.88 Å². The summed E-state index contributed by atoms with van der Waals surface area (Å²) < 4.78 is 5.07. The molecule has 120 valence electrons. The van der Waals surface area contributed by atoms with Gasteiger partial charge < -0.3 is 14.2 Å². The van der Waals surface area contributed by atoms with Gasteiger partial charge in [-0.15, -0.1) is 0 Å². The molecule has 0 saturated carbocycles. The predicted molar refractivity (Wildman–Crippen MR) is 85.4 cm³/mol. The highest BCUT2D eigenvalue weighted by atomic mass is 16.3. The minimum Gasteiger partial charge on any atom is -0.448 e. The number of benzene rings is 1. The molecule has 23 heavy (non-hydrogen) atoms. The maximum Gasteiger partial charge on any atom is 0.276 e. The Hall–Kier alpha value is -2.63. The number of carbonyl (C=O) groups is 2. The third-order valence-electron chi connectivity index (χ3n) is 3.97. The van der Waals surface area contributed by atoms with Crippen molar-refractivity contribution in [1.29, 1.82) is 0 Å². The maximum atomic E-state index is 12.5. The molecule has 0 unspecified atom stereocenters. The summed E-state index contributed by atoms with van der Waals surface area (Å²) in [7, 11) is 0. The van der Waals surface area contributed by atoms with Crippen LogP contribution in [0.25, 0.3) is 0 Å². The number of nitrogens with zero attached hydrogens (tertiary/aromatic N) is 3. The van der Waals surface area contributed by atoms with Crippen LogP contribution in [0.3, 0.4) is 0 Å². The number of piperazine rings is 1. The molecule has 1 aliphatic rings. The number of hydrogen-bond donors (Lipinski definition) is 0. The average molecular weight is 313 g/mol. The van der Waals surface area contributed by atoms with Crippen LogP contribution in [-0.4, -0.2) is 41.3 Å². The first kappa shape index (κ1) is 15.3. The van der Waals surface area contributed by atoms with Crippen LogP contribution < -0.4 is 4.90 Å². The van der Waals surface area contributed by atoms with Gasteiger partial charge in [-0.2, -0.15) is 0 Å². The molecule has 2 aromatic rings. The van der Waals surface area contributed by atoms with Crippen LogP contribution in [0.1, 0.15) is 27.4 Å². The molecule has 0 aliphatic carbocycles. The van der Waals surface area contributed by atoms with Gasteiger partial charge >= 0.3 is 0 Å². The summed E-state index contributed by atoms with van der Waals surface area (Å²) in [5, 5.41) is 0. The van der Waals surface area contributed by atoms with Crippen molar-refractivity contribution in [3.05, 3.63) is 47.2 Å². The summed E-state index contributed by atoms with van der Waals surface area (Å²) in [5.74, 6) is 0.125. The van der Waals surface area contributed by atoms with Crippen LogP contribution in [0.4, 0.5) is 5.69 Å². The zero-order chi connectivity index (χ0) is 16.6. The number of anilines is 1. The van der Waals surface area contributed by atoms with E-state index in [9.17, 15) is 9.59 Å². The Morgan fingerprint density at radius 1 is 1.13 bits per heavy atom. The second-order valence-corrected chi connectivity index (χ2v) is 5.88. The standard InChI is InChI=1S/C17H19N3O3/c1-11-6-12(2)8-14(7-11)20-5-4-19(9-15(20)21)17(22)16-13(3)23-10-18-16/h6-8,10H,4-5,9H2,1-3H3. The monoisotopic (exact) mass is 313 g/mol. The number of hydrogen-bond acceptors (Lipinski definition) is 4. The molecule has 1 saturated heterocycles. The van der Waals surface area contributed by atoms with Gasteiger partial charge in [-0.3, -0.25) is 9.59 Å². The number of aryl methyl sites for hydroxylation is 3. The summed E-state index contributed by atoms with van der Waals surface area (Å²) in [6.07, 6.45) is 1.25. The smallest absolute Gasteiger partial charge is 0.276 e. The van der Waals surface area contributed by atoms with E-state index in [4.69, 9.17) is 4.42 Å². The summed E-state index contributed by atoms with van der Waals surface area (Å²) in [6.45, 7) is 6.71. The van der Waals surface area contributed by atoms with Gasteiger partial charge in [0.1, 0.15) is 12.3 Å². The van der Waals surface area contributed by atoms with Crippen molar-refractivity contribution in [2.75, 3.05) is 24.5 Å². The molecular formula is C17H19N3O3. The fourth-order valence-electron chi connectivity index (χ4n) is 2.89. The molecule has 1 aromatic heterocycles. The molecule has 3 rings (SSSR count). The minimum atomic E-state index is -0.260. The van der Waals surface area contributed by atoms with Gasteiger partial charge in [-0.25, -0.2) is 4.98 Å². The van der Waals surface area contributed by atoms with Crippen molar-refractivity contribution in [2.24, 2.45) is 0 Å². The van der Waals surface area contributed by atoms with Crippen LogP contribution in [0.2, 0.25) is 0 Å². The minimum absolute atomic E-state index is 0.0537. The fourth-order valence-corrected chi connectivity index (χ4v) is 2.89. The maximum absolute atomic E-state index is 12.5. The molecule has 1 aliphatic heterocycles. The average Bonchev–Trinajstić information content (AvgIpc) is 2.91. The molecule has 0 radical (unpaired) electrons. The number of aromatic nitrogens is 1. The lowest BCUT2D eigenvalue weighted by atomic mass is 10.1. The zero-order valence-corrected chi connectivity index (χ0v) is 13.5. The molecule has 2 amide bonds. The molecule has 0 spiro atoms. The molecule has 2 heterocycles. The molecular weight excluding hydrogens is 294 g/mol. The summed E-state index contributed by atoms with van der Waals surface area (Å²) in [6, 6.07) is 6.05. The van der Waals surface area contributed by atoms with Crippen molar-refractivity contribution in [3.8, 4) is 0 Å². The van der Waals surface area contributed by atoms with Crippen LogP contribution in [0, 0.1) is 20.8 Å². The summed E-state index contributed by atoms with van der Waals surface area (Å²) in [5.41, 5.74) is 3.39. The van der Waals surface area contributed by atoms with Crippen LogP contribution >= 0.6 is 0 Å². The Morgan fingerprint density at radius 2 is 1.83 bits per heavy atom. The Bertz CT molecular complexity index is 746. The quantitative estimate of drug-likeness (QED) is 0.851. The van der Waals surface area contributed by atoms with E-state index in [2.05, 4.69) is 11.1 Å². The lowest BCUT2D eigenvalue weighted by Crippen LogP contribution is -2.52. The van der Waals surface area contributed by atoms with Gasteiger partial charge in [-0.1, -0.05) is 6.07 Å². The van der Waals surface area contributed by atoms with E-state index in [-0.39, 0.29) is 24.1 Å². The van der Waals surface area contributed by atoms with Crippen molar-refractivity contribution in [3.63, 3.8) is 0 Å². The normalized spacial score (nSPS) is 15.2. The topological polar surface area (TPSA) is 66.7 Å². The largest absolute Gasteiger partial charge is 0.448 e. The summed E-state index contributed by atoms with van der Waals surface area (Å²) in [4.78, 5) is 32.1. The van der Waals surface area contributed by atoms with Crippen LogP contribution in [0.5, 0.6) is 0 Å². The van der Waals surface area contributed by atoms with Crippen molar-refractivity contribution in [2.45, 2.75) is 20.8 Å². The highest BCUT2D eigenvalue weighted by molar-refractivity contribution is 6.01. The van der Waals surface area contributed by atoms with E-state index in [0.717, 1.165) is 16.8 Å². The van der Waals surface area contributed by atoms with Gasteiger partial charge in [-0.05, 0) is 44.0 Å². The van der Waals surface area contributed by atoms with Gasteiger partial charge in [0.15, 0.2) is 12.1 Å². The Balaban J connectivity index is 1.76. The van der Waals surface area contributed by atoms with Gasteiger partial charge in [0, 0.05) is 18.8 Å². The first-order chi connectivity index (χ1) is 11.0. The van der Waals surface area contributed by atoms with Gasteiger partial charge in [0.05, 0.1) is 0 Å². The van der Waals surface area contributed by atoms with E-state index in [1.54, 1.807) is 11.8 Å². The number of amides is 2. The first-order valence-electron chi connectivity index (χ1n) is 7.53. The third kappa shape index (κ3) is 2.97. The number of oxazole rings is 1. The molecule has 6 heteroatoms. The highest BCUT2D eigenvalue weighted by Crippen LogP contribution is 2.21. The lowest BCUT2D eigenvalue weighted by molar-refractivity contribution is -0.120. The van der Waals surface area contributed by atoms with E-state index >= 15 is 0 Å². The zero-order valence-electron chi connectivity index (χ0n) is 13.5. The third-order valence-corrected chi connectivity index (χ3v) is 3.97. The molecule has 0 bridgehead atoms. The first-order valence-corrected chi connectivity index (χ1v) is 7.53. The Labute approximate surface area is 134 Å². The Morgan fingerprint density at radius 3 is 2.39 bits per heavy atom. The van der Waals surface area contributed by atoms with Crippen LogP contribution in [-0.2, 0) is 4.79 Å². The second-order valence-electron chi connectivity index (χ2n) is 5.88. The van der Waals surface area contributed by atoms with E-state index in [1.165, 1.54) is 11.3 Å². The second kappa shape index (κ2) is 5.87. The van der Waals surface area contributed by atoms with Crippen LogP contribution in [0.15, 0.2) is 29.0 Å². The lowest BCUT2D eigenvalue weighted by Gasteiger charge is -2.34.